The van der Waals surface area contributed by atoms with Crippen LogP contribution in [-0.4, -0.2) is 44.3 Å². The van der Waals surface area contributed by atoms with Crippen LogP contribution in [0.3, 0.4) is 0 Å². The van der Waals surface area contributed by atoms with Crippen LogP contribution in [-0.2, 0) is 26.2 Å². The molecular formula is C30H34Cl2FN3O4S. The Kier molecular flexibility index (Phi) is 11.6. The fourth-order valence-electron chi connectivity index (χ4n) is 4.28. The molecule has 2 amide bonds. The van der Waals surface area contributed by atoms with Crippen LogP contribution in [0.25, 0.3) is 0 Å². The summed E-state index contributed by atoms with van der Waals surface area (Å²) < 4.78 is 43.5. The van der Waals surface area contributed by atoms with E-state index in [0.717, 1.165) is 28.8 Å². The Morgan fingerprint density at radius 3 is 2.17 bits per heavy atom. The van der Waals surface area contributed by atoms with Gasteiger partial charge in [0, 0.05) is 28.7 Å². The molecule has 0 radical (unpaired) electrons. The standard InChI is InChI=1S/C30H34Cl2FN3O4S/c1-4-6-18-34-30(38)27(5-2)35(19-23-24(31)10-9-11-25(23)32)29(37)20-36(28-13-8-7-12-26(28)33)41(39,40)22-16-14-21(3)15-17-22/h7-17,27H,4-6,18-20H2,1-3H3,(H,34,38)/t27-/m0/s1. The molecule has 0 heterocycles. The summed E-state index contributed by atoms with van der Waals surface area (Å²) in [6.07, 6.45) is 1.85. The SMILES string of the molecule is CCCCNC(=O)[C@H](CC)N(Cc1c(Cl)cccc1Cl)C(=O)CN(c1ccccc1F)S(=O)(=O)c1ccc(C)cc1. The van der Waals surface area contributed by atoms with E-state index in [-0.39, 0.29) is 33.6 Å². The Labute approximate surface area is 251 Å². The van der Waals surface area contributed by atoms with Gasteiger partial charge < -0.3 is 10.2 Å². The van der Waals surface area contributed by atoms with Gasteiger partial charge in [-0.15, -0.1) is 0 Å². The summed E-state index contributed by atoms with van der Waals surface area (Å²) in [6, 6.07) is 15.3. The van der Waals surface area contributed by atoms with Crippen molar-refractivity contribution in [2.45, 2.75) is 57.5 Å². The molecule has 0 aliphatic heterocycles. The molecule has 0 bridgehead atoms. The van der Waals surface area contributed by atoms with Crippen molar-refractivity contribution in [3.8, 4) is 0 Å². The highest BCUT2D eigenvalue weighted by molar-refractivity contribution is 7.92. The maximum absolute atomic E-state index is 15.0. The average molecular weight is 623 g/mol. The first-order chi connectivity index (χ1) is 19.5. The Balaban J connectivity index is 2.09. The number of nitrogens with zero attached hydrogens (tertiary/aromatic N) is 2. The van der Waals surface area contributed by atoms with Crippen molar-refractivity contribution in [1.82, 2.24) is 10.2 Å². The number of para-hydroxylation sites is 1. The van der Waals surface area contributed by atoms with Crippen molar-refractivity contribution >= 4 is 50.7 Å². The molecule has 3 aromatic rings. The Bertz CT molecular complexity index is 1450. The quantitative estimate of drug-likeness (QED) is 0.225. The van der Waals surface area contributed by atoms with Crippen molar-refractivity contribution < 1.29 is 22.4 Å². The number of benzene rings is 3. The van der Waals surface area contributed by atoms with Gasteiger partial charge in [-0.3, -0.25) is 13.9 Å². The summed E-state index contributed by atoms with van der Waals surface area (Å²) in [5, 5.41) is 3.42. The van der Waals surface area contributed by atoms with Gasteiger partial charge >= 0.3 is 0 Å². The Morgan fingerprint density at radius 2 is 1.59 bits per heavy atom. The molecule has 220 valence electrons. The van der Waals surface area contributed by atoms with E-state index >= 15 is 4.39 Å². The molecule has 0 spiro atoms. The number of unbranched alkanes of at least 4 members (excludes halogenated alkanes) is 1. The zero-order valence-corrected chi connectivity index (χ0v) is 25.6. The molecule has 0 fully saturated rings. The number of carbonyl (C=O) groups excluding carboxylic acids is 2. The number of carbonyl (C=O) groups is 2. The topological polar surface area (TPSA) is 86.8 Å². The lowest BCUT2D eigenvalue weighted by atomic mass is 10.1. The molecule has 0 unspecified atom stereocenters. The molecule has 3 rings (SSSR count). The van der Waals surface area contributed by atoms with Crippen LogP contribution >= 0.6 is 23.2 Å². The van der Waals surface area contributed by atoms with Crippen molar-refractivity contribution in [2.75, 3.05) is 17.4 Å². The summed E-state index contributed by atoms with van der Waals surface area (Å²) in [5.41, 5.74) is 0.945. The monoisotopic (exact) mass is 621 g/mol. The fraction of sp³-hybridized carbons (Fsp3) is 0.333. The highest BCUT2D eigenvalue weighted by Crippen LogP contribution is 2.29. The summed E-state index contributed by atoms with van der Waals surface area (Å²) in [5.74, 6) is -1.94. The molecule has 0 aromatic heterocycles. The third-order valence-corrected chi connectivity index (χ3v) is 9.10. The smallest absolute Gasteiger partial charge is 0.264 e. The summed E-state index contributed by atoms with van der Waals surface area (Å²) in [7, 11) is -4.39. The highest BCUT2D eigenvalue weighted by Gasteiger charge is 2.35. The molecule has 11 heteroatoms. The molecule has 3 aromatic carbocycles. The maximum Gasteiger partial charge on any atom is 0.264 e. The van der Waals surface area contributed by atoms with Gasteiger partial charge in [0.05, 0.1) is 10.6 Å². The van der Waals surface area contributed by atoms with E-state index in [0.29, 0.717) is 12.1 Å². The first kappa shape index (κ1) is 32.4. The normalized spacial score (nSPS) is 12.0. The van der Waals surface area contributed by atoms with Gasteiger partial charge in [0.25, 0.3) is 10.0 Å². The third kappa shape index (κ3) is 7.99. The van der Waals surface area contributed by atoms with Crippen LogP contribution in [0, 0.1) is 12.7 Å². The fourth-order valence-corrected chi connectivity index (χ4v) is 6.22. The number of nitrogens with one attached hydrogen (secondary N) is 1. The van der Waals surface area contributed by atoms with E-state index in [1.807, 2.05) is 13.8 Å². The number of sulfonamides is 1. The van der Waals surface area contributed by atoms with Crippen molar-refractivity contribution in [2.24, 2.45) is 0 Å². The van der Waals surface area contributed by atoms with Crippen LogP contribution < -0.4 is 9.62 Å². The first-order valence-corrected chi connectivity index (χ1v) is 15.5. The van der Waals surface area contributed by atoms with Gasteiger partial charge in [-0.25, -0.2) is 12.8 Å². The molecule has 41 heavy (non-hydrogen) atoms. The highest BCUT2D eigenvalue weighted by atomic mass is 35.5. The summed E-state index contributed by atoms with van der Waals surface area (Å²) in [4.78, 5) is 28.5. The van der Waals surface area contributed by atoms with Crippen molar-refractivity contribution in [3.05, 3.63) is 93.7 Å². The molecule has 0 aliphatic rings. The molecule has 0 saturated heterocycles. The molecule has 1 N–H and O–H groups in total. The van der Waals surface area contributed by atoms with Crippen LogP contribution in [0.15, 0.2) is 71.6 Å². The van der Waals surface area contributed by atoms with E-state index in [1.54, 1.807) is 37.3 Å². The molecule has 0 aliphatic carbocycles. The summed E-state index contributed by atoms with van der Waals surface area (Å²) >= 11 is 12.8. The van der Waals surface area contributed by atoms with Crippen LogP contribution in [0.4, 0.5) is 10.1 Å². The maximum atomic E-state index is 15.0. The van der Waals surface area contributed by atoms with Gasteiger partial charge in [-0.05, 0) is 56.2 Å². The number of aryl methyl sites for hydroxylation is 1. The van der Waals surface area contributed by atoms with E-state index in [9.17, 15) is 18.0 Å². The van der Waals surface area contributed by atoms with E-state index in [4.69, 9.17) is 23.2 Å². The minimum atomic E-state index is -4.39. The van der Waals surface area contributed by atoms with Gasteiger partial charge in [0.15, 0.2) is 0 Å². The van der Waals surface area contributed by atoms with E-state index in [1.165, 1.54) is 35.2 Å². The number of hydrogen-bond acceptors (Lipinski definition) is 4. The predicted octanol–water partition coefficient (Wildman–Crippen LogP) is 6.36. The van der Waals surface area contributed by atoms with Gasteiger partial charge in [-0.2, -0.15) is 0 Å². The number of anilines is 1. The second-order valence-electron chi connectivity index (χ2n) is 9.57. The van der Waals surface area contributed by atoms with E-state index < -0.39 is 40.2 Å². The van der Waals surface area contributed by atoms with Gasteiger partial charge in [0.2, 0.25) is 11.8 Å². The molecular weight excluding hydrogens is 588 g/mol. The number of rotatable bonds is 13. The molecule has 1 atom stereocenters. The Morgan fingerprint density at radius 1 is 0.951 bits per heavy atom. The van der Waals surface area contributed by atoms with Crippen LogP contribution in [0.5, 0.6) is 0 Å². The second-order valence-corrected chi connectivity index (χ2v) is 12.2. The number of amides is 2. The molecule has 7 nitrogen and oxygen atoms in total. The van der Waals surface area contributed by atoms with Gasteiger partial charge in [-0.1, -0.05) is 79.4 Å². The minimum absolute atomic E-state index is 0.107. The van der Waals surface area contributed by atoms with Gasteiger partial charge in [0.1, 0.15) is 18.4 Å². The van der Waals surface area contributed by atoms with Crippen molar-refractivity contribution in [3.63, 3.8) is 0 Å². The average Bonchev–Trinajstić information content (AvgIpc) is 2.94. The second kappa shape index (κ2) is 14.7. The van der Waals surface area contributed by atoms with Crippen molar-refractivity contribution in [1.29, 1.82) is 0 Å². The van der Waals surface area contributed by atoms with E-state index in [2.05, 4.69) is 5.32 Å². The minimum Gasteiger partial charge on any atom is -0.354 e. The lowest BCUT2D eigenvalue weighted by Gasteiger charge is -2.33. The first-order valence-electron chi connectivity index (χ1n) is 13.3. The van der Waals surface area contributed by atoms with Crippen LogP contribution in [0.1, 0.15) is 44.2 Å². The zero-order valence-electron chi connectivity index (χ0n) is 23.2. The number of halogens is 3. The lowest BCUT2D eigenvalue weighted by Crippen LogP contribution is -2.52. The number of hydrogen-bond donors (Lipinski definition) is 1. The largest absolute Gasteiger partial charge is 0.354 e. The Hall–Kier alpha value is -3.14. The lowest BCUT2D eigenvalue weighted by molar-refractivity contribution is -0.140. The van der Waals surface area contributed by atoms with Crippen LogP contribution in [0.2, 0.25) is 10.0 Å². The summed E-state index contributed by atoms with van der Waals surface area (Å²) in [6.45, 7) is 5.04. The predicted molar refractivity (Wildman–Crippen MR) is 161 cm³/mol. The zero-order chi connectivity index (χ0) is 30.2. The third-order valence-electron chi connectivity index (χ3n) is 6.61. The molecule has 0 saturated carbocycles.